The van der Waals surface area contributed by atoms with Gasteiger partial charge in [0, 0.05) is 17.8 Å². The fourth-order valence-electron chi connectivity index (χ4n) is 2.53. The molecule has 29 heavy (non-hydrogen) atoms. The maximum absolute atomic E-state index is 12.2. The van der Waals surface area contributed by atoms with Gasteiger partial charge >= 0.3 is 5.97 Å². The Balaban J connectivity index is 1.61. The molecule has 8 nitrogen and oxygen atoms in total. The van der Waals surface area contributed by atoms with Crippen molar-refractivity contribution in [2.45, 2.75) is 6.54 Å². The van der Waals surface area contributed by atoms with Gasteiger partial charge in [0.1, 0.15) is 5.75 Å². The minimum Gasteiger partial charge on any atom is -0.497 e. The molecule has 0 unspecified atom stereocenters. The summed E-state index contributed by atoms with van der Waals surface area (Å²) in [7, 11) is 1.52. The Kier molecular flexibility index (Phi) is 6.36. The van der Waals surface area contributed by atoms with Crippen molar-refractivity contribution in [3.05, 3.63) is 88.3 Å². The second-order valence-electron chi connectivity index (χ2n) is 6.06. The number of methoxy groups -OCH3 is 1. The van der Waals surface area contributed by atoms with Crippen molar-refractivity contribution >= 4 is 17.6 Å². The number of benzene rings is 2. The molecule has 0 aliphatic heterocycles. The normalized spacial score (nSPS) is 10.2. The average molecular weight is 393 g/mol. The van der Waals surface area contributed by atoms with Crippen LogP contribution in [-0.4, -0.2) is 35.4 Å². The minimum absolute atomic E-state index is 0.0605. The first-order chi connectivity index (χ1) is 14.0. The molecule has 3 rings (SSSR count). The summed E-state index contributed by atoms with van der Waals surface area (Å²) in [5, 5.41) is 6.64. The molecule has 1 heterocycles. The molecule has 0 aliphatic carbocycles. The van der Waals surface area contributed by atoms with Crippen LogP contribution in [0.4, 0.5) is 5.69 Å². The van der Waals surface area contributed by atoms with Crippen molar-refractivity contribution in [3.8, 4) is 5.75 Å². The van der Waals surface area contributed by atoms with Gasteiger partial charge in [0.05, 0.1) is 13.7 Å². The molecule has 148 valence electrons. The topological polar surface area (TPSA) is 99.5 Å². The lowest BCUT2D eigenvalue weighted by Gasteiger charge is -2.09. The zero-order valence-corrected chi connectivity index (χ0v) is 15.7. The summed E-state index contributed by atoms with van der Waals surface area (Å²) in [4.78, 5) is 36.2. The summed E-state index contributed by atoms with van der Waals surface area (Å²) < 4.78 is 11.3. The van der Waals surface area contributed by atoms with Gasteiger partial charge in [0.25, 0.3) is 11.5 Å². The Morgan fingerprint density at radius 3 is 2.59 bits per heavy atom. The number of aromatic nitrogens is 2. The van der Waals surface area contributed by atoms with Gasteiger partial charge in [-0.15, -0.1) is 0 Å². The Morgan fingerprint density at radius 2 is 1.83 bits per heavy atom. The Hall–Kier alpha value is -3.94. The van der Waals surface area contributed by atoms with E-state index in [0.717, 1.165) is 5.56 Å². The van der Waals surface area contributed by atoms with Gasteiger partial charge in [0.2, 0.25) is 0 Å². The maximum atomic E-state index is 12.2. The highest BCUT2D eigenvalue weighted by atomic mass is 16.5. The number of nitrogens with zero attached hydrogens (tertiary/aromatic N) is 2. The number of carbonyl (C=O) groups is 2. The van der Waals surface area contributed by atoms with E-state index in [1.807, 2.05) is 30.3 Å². The lowest BCUT2D eigenvalue weighted by atomic mass is 10.2. The number of amides is 1. The van der Waals surface area contributed by atoms with Crippen LogP contribution in [0.5, 0.6) is 5.75 Å². The molecule has 1 N–H and O–H groups in total. The summed E-state index contributed by atoms with van der Waals surface area (Å²) in [6, 6.07) is 18.6. The van der Waals surface area contributed by atoms with Crippen molar-refractivity contribution in [2.75, 3.05) is 19.0 Å². The number of ether oxygens (including phenoxy) is 2. The third kappa shape index (κ3) is 5.52. The van der Waals surface area contributed by atoms with Gasteiger partial charge in [0.15, 0.2) is 12.3 Å². The molecular weight excluding hydrogens is 374 g/mol. The van der Waals surface area contributed by atoms with E-state index in [0.29, 0.717) is 11.4 Å². The van der Waals surface area contributed by atoms with E-state index in [9.17, 15) is 14.4 Å². The standard InChI is InChI=1S/C21H19N3O5/c1-28-17-9-5-8-16(12-17)22-19(25)14-29-21(27)18-10-11-20(26)24(23-18)13-15-6-3-2-4-7-15/h2-12H,13-14H2,1H3,(H,22,25). The number of carbonyl (C=O) groups excluding carboxylic acids is 2. The molecule has 2 aromatic carbocycles. The average Bonchev–Trinajstić information content (AvgIpc) is 2.74. The smallest absolute Gasteiger partial charge is 0.359 e. The molecule has 1 amide bonds. The number of nitrogens with one attached hydrogen (secondary N) is 1. The van der Waals surface area contributed by atoms with Crippen molar-refractivity contribution in [1.82, 2.24) is 9.78 Å². The molecule has 0 bridgehead atoms. The summed E-state index contributed by atoms with van der Waals surface area (Å²) >= 11 is 0. The van der Waals surface area contributed by atoms with Gasteiger partial charge < -0.3 is 14.8 Å². The van der Waals surface area contributed by atoms with Crippen LogP contribution in [0.2, 0.25) is 0 Å². The molecule has 0 spiro atoms. The molecule has 0 aliphatic rings. The molecule has 8 heteroatoms. The number of hydrogen-bond acceptors (Lipinski definition) is 6. The third-order valence-corrected chi connectivity index (χ3v) is 3.94. The van der Waals surface area contributed by atoms with Crippen LogP contribution in [0.3, 0.4) is 0 Å². The predicted octanol–water partition coefficient (Wildman–Crippen LogP) is 2.10. The highest BCUT2D eigenvalue weighted by molar-refractivity contribution is 5.94. The molecule has 0 saturated heterocycles. The first-order valence-electron chi connectivity index (χ1n) is 8.78. The molecule has 0 saturated carbocycles. The number of anilines is 1. The van der Waals surface area contributed by atoms with E-state index >= 15 is 0 Å². The maximum Gasteiger partial charge on any atom is 0.359 e. The van der Waals surface area contributed by atoms with Crippen LogP contribution < -0.4 is 15.6 Å². The lowest BCUT2D eigenvalue weighted by Crippen LogP contribution is -2.26. The zero-order chi connectivity index (χ0) is 20.6. The quantitative estimate of drug-likeness (QED) is 0.617. The van der Waals surface area contributed by atoms with E-state index in [1.54, 1.807) is 24.3 Å². The van der Waals surface area contributed by atoms with Crippen LogP contribution in [0.1, 0.15) is 16.1 Å². The largest absolute Gasteiger partial charge is 0.497 e. The minimum atomic E-state index is -0.799. The van der Waals surface area contributed by atoms with E-state index in [1.165, 1.54) is 23.9 Å². The first-order valence-corrected chi connectivity index (χ1v) is 8.78. The Morgan fingerprint density at radius 1 is 1.03 bits per heavy atom. The molecular formula is C21H19N3O5. The predicted molar refractivity (Wildman–Crippen MR) is 106 cm³/mol. The number of hydrogen-bond donors (Lipinski definition) is 1. The van der Waals surface area contributed by atoms with Crippen molar-refractivity contribution in [2.24, 2.45) is 0 Å². The van der Waals surface area contributed by atoms with Gasteiger partial charge in [-0.1, -0.05) is 36.4 Å². The van der Waals surface area contributed by atoms with Crippen molar-refractivity contribution in [3.63, 3.8) is 0 Å². The van der Waals surface area contributed by atoms with Gasteiger partial charge in [-0.3, -0.25) is 9.59 Å². The summed E-state index contributed by atoms with van der Waals surface area (Å²) in [6.45, 7) is -0.271. The SMILES string of the molecule is COc1cccc(NC(=O)COC(=O)c2ccc(=O)n(Cc3ccccc3)n2)c1. The lowest BCUT2D eigenvalue weighted by molar-refractivity contribution is -0.119. The fourth-order valence-corrected chi connectivity index (χ4v) is 2.53. The Bertz CT molecular complexity index is 1060. The Labute approximate surface area is 166 Å². The van der Waals surface area contributed by atoms with Crippen LogP contribution in [-0.2, 0) is 16.1 Å². The number of rotatable bonds is 7. The molecule has 1 aromatic heterocycles. The van der Waals surface area contributed by atoms with Crippen LogP contribution >= 0.6 is 0 Å². The van der Waals surface area contributed by atoms with Gasteiger partial charge in [-0.05, 0) is 23.8 Å². The van der Waals surface area contributed by atoms with E-state index in [4.69, 9.17) is 9.47 Å². The highest BCUT2D eigenvalue weighted by Crippen LogP contribution is 2.16. The van der Waals surface area contributed by atoms with Gasteiger partial charge in [-0.25, -0.2) is 9.48 Å². The second-order valence-corrected chi connectivity index (χ2v) is 6.06. The van der Waals surface area contributed by atoms with E-state index in [2.05, 4.69) is 10.4 Å². The van der Waals surface area contributed by atoms with Crippen LogP contribution in [0.15, 0.2) is 71.5 Å². The van der Waals surface area contributed by atoms with E-state index < -0.39 is 18.5 Å². The van der Waals surface area contributed by atoms with Crippen LogP contribution in [0, 0.1) is 0 Å². The highest BCUT2D eigenvalue weighted by Gasteiger charge is 2.14. The molecule has 3 aromatic rings. The molecule has 0 atom stereocenters. The first kappa shape index (κ1) is 19.8. The molecule has 0 radical (unpaired) electrons. The molecule has 0 fully saturated rings. The zero-order valence-electron chi connectivity index (χ0n) is 15.7. The van der Waals surface area contributed by atoms with E-state index in [-0.39, 0.29) is 17.8 Å². The summed E-state index contributed by atoms with van der Waals surface area (Å²) in [5.74, 6) is -0.721. The van der Waals surface area contributed by atoms with Gasteiger partial charge in [-0.2, -0.15) is 5.10 Å². The third-order valence-electron chi connectivity index (χ3n) is 3.94. The summed E-state index contributed by atoms with van der Waals surface area (Å²) in [5.41, 5.74) is 0.973. The fraction of sp³-hybridized carbons (Fsp3) is 0.143. The van der Waals surface area contributed by atoms with Crippen molar-refractivity contribution < 1.29 is 19.1 Å². The van der Waals surface area contributed by atoms with Crippen molar-refractivity contribution in [1.29, 1.82) is 0 Å². The monoisotopic (exact) mass is 393 g/mol. The number of esters is 1. The van der Waals surface area contributed by atoms with Crippen LogP contribution in [0.25, 0.3) is 0 Å². The summed E-state index contributed by atoms with van der Waals surface area (Å²) in [6.07, 6.45) is 0. The second kappa shape index (κ2) is 9.32.